The lowest BCUT2D eigenvalue weighted by molar-refractivity contribution is 0.373. The molecule has 6 nitrogen and oxygen atoms in total. The first-order valence-electron chi connectivity index (χ1n) is 4.99. The van der Waals surface area contributed by atoms with Gasteiger partial charge in [-0.25, -0.2) is 13.6 Å². The molecule has 0 aliphatic carbocycles. The first-order valence-corrected chi connectivity index (χ1v) is 6.71. The molecule has 0 bridgehead atoms. The van der Waals surface area contributed by atoms with E-state index in [0.717, 1.165) is 5.56 Å². The number of phenols is 1. The van der Waals surface area contributed by atoms with Gasteiger partial charge in [0, 0.05) is 13.1 Å². The zero-order chi connectivity index (χ0) is 12.9. The van der Waals surface area contributed by atoms with Crippen LogP contribution in [0, 0.1) is 0 Å². The van der Waals surface area contributed by atoms with Crippen LogP contribution in [0.25, 0.3) is 0 Å². The normalized spacial score (nSPS) is 11.4. The van der Waals surface area contributed by atoms with Gasteiger partial charge in [0.1, 0.15) is 0 Å². The summed E-state index contributed by atoms with van der Waals surface area (Å²) in [5.41, 5.74) is 0.883. The van der Waals surface area contributed by atoms with E-state index in [9.17, 15) is 13.5 Å². The lowest BCUT2D eigenvalue weighted by atomic mass is 10.2. The van der Waals surface area contributed by atoms with Gasteiger partial charge in [-0.2, -0.15) is 0 Å². The average molecular weight is 260 g/mol. The maximum atomic E-state index is 10.7. The molecule has 0 aliphatic heterocycles. The summed E-state index contributed by atoms with van der Waals surface area (Å²) >= 11 is 0. The molecule has 0 aliphatic rings. The minimum Gasteiger partial charge on any atom is -0.504 e. The maximum Gasteiger partial charge on any atom is 0.210 e. The van der Waals surface area contributed by atoms with Crippen LogP contribution in [0.2, 0.25) is 0 Å². The third-order valence-corrected chi connectivity index (χ3v) is 2.91. The number of nitrogens with one attached hydrogen (secondary N) is 1. The molecular weight excluding hydrogens is 244 g/mol. The highest BCUT2D eigenvalue weighted by Gasteiger charge is 2.04. The van der Waals surface area contributed by atoms with Gasteiger partial charge >= 0.3 is 0 Å². The van der Waals surface area contributed by atoms with E-state index < -0.39 is 10.0 Å². The van der Waals surface area contributed by atoms with Crippen molar-refractivity contribution in [2.24, 2.45) is 5.14 Å². The Hall–Kier alpha value is -1.31. The van der Waals surface area contributed by atoms with Gasteiger partial charge in [-0.1, -0.05) is 6.07 Å². The monoisotopic (exact) mass is 260 g/mol. The van der Waals surface area contributed by atoms with Crippen molar-refractivity contribution in [3.63, 3.8) is 0 Å². The van der Waals surface area contributed by atoms with Crippen LogP contribution in [0.1, 0.15) is 5.56 Å². The molecular formula is C10H16N2O4S. The molecule has 0 radical (unpaired) electrons. The third-order valence-electron chi connectivity index (χ3n) is 2.14. The second-order valence-corrected chi connectivity index (χ2v) is 5.28. The van der Waals surface area contributed by atoms with E-state index in [1.54, 1.807) is 12.1 Å². The number of phenolic OH excluding ortho intramolecular Hbond substituents is 1. The Balaban J connectivity index is 2.47. The molecule has 17 heavy (non-hydrogen) atoms. The predicted molar refractivity (Wildman–Crippen MR) is 64.3 cm³/mol. The molecule has 1 aromatic rings. The Bertz CT molecular complexity index is 473. The highest BCUT2D eigenvalue weighted by atomic mass is 32.2. The maximum absolute atomic E-state index is 10.7. The molecule has 0 fully saturated rings. The smallest absolute Gasteiger partial charge is 0.210 e. The van der Waals surface area contributed by atoms with Crippen LogP contribution in [0.3, 0.4) is 0 Å². The summed E-state index contributed by atoms with van der Waals surface area (Å²) in [6.07, 6.45) is 0. The van der Waals surface area contributed by atoms with E-state index in [1.165, 1.54) is 13.2 Å². The molecule has 0 amide bonds. The van der Waals surface area contributed by atoms with Gasteiger partial charge in [-0.3, -0.25) is 0 Å². The van der Waals surface area contributed by atoms with Gasteiger partial charge in [-0.05, 0) is 17.7 Å². The fourth-order valence-electron chi connectivity index (χ4n) is 1.28. The van der Waals surface area contributed by atoms with Crippen LogP contribution >= 0.6 is 0 Å². The number of nitrogens with two attached hydrogens (primary N) is 1. The molecule has 0 aromatic heterocycles. The summed E-state index contributed by atoms with van der Waals surface area (Å²) in [5, 5.41) is 17.2. The largest absolute Gasteiger partial charge is 0.504 e. The van der Waals surface area contributed by atoms with Crippen LogP contribution in [0.5, 0.6) is 11.5 Å². The lowest BCUT2D eigenvalue weighted by Gasteiger charge is -2.07. The number of sulfonamides is 1. The van der Waals surface area contributed by atoms with E-state index in [-0.39, 0.29) is 18.0 Å². The third kappa shape index (κ3) is 5.03. The molecule has 1 aromatic carbocycles. The first kappa shape index (κ1) is 13.8. The second-order valence-electron chi connectivity index (χ2n) is 3.55. The average Bonchev–Trinajstić information content (AvgIpc) is 2.25. The summed E-state index contributed by atoms with van der Waals surface area (Å²) in [6.45, 7) is 0.758. The summed E-state index contributed by atoms with van der Waals surface area (Å²) < 4.78 is 26.3. The molecule has 0 saturated carbocycles. The zero-order valence-electron chi connectivity index (χ0n) is 9.51. The van der Waals surface area contributed by atoms with Crippen molar-refractivity contribution >= 4 is 10.0 Å². The van der Waals surface area contributed by atoms with E-state index in [2.05, 4.69) is 5.32 Å². The van der Waals surface area contributed by atoms with Crippen LogP contribution < -0.4 is 15.2 Å². The van der Waals surface area contributed by atoms with E-state index >= 15 is 0 Å². The van der Waals surface area contributed by atoms with Crippen molar-refractivity contribution in [3.8, 4) is 11.5 Å². The van der Waals surface area contributed by atoms with Gasteiger partial charge in [0.2, 0.25) is 10.0 Å². The summed E-state index contributed by atoms with van der Waals surface area (Å²) in [6, 6.07) is 4.93. The van der Waals surface area contributed by atoms with Crippen molar-refractivity contribution in [3.05, 3.63) is 23.8 Å². The second kappa shape index (κ2) is 5.85. The topological polar surface area (TPSA) is 102 Å². The number of hydrogen-bond acceptors (Lipinski definition) is 5. The van der Waals surface area contributed by atoms with Crippen LogP contribution in [0.15, 0.2) is 18.2 Å². The Morgan fingerprint density at radius 2 is 2.18 bits per heavy atom. The number of hydrogen-bond donors (Lipinski definition) is 3. The van der Waals surface area contributed by atoms with Crippen LogP contribution in [-0.4, -0.2) is 32.9 Å². The lowest BCUT2D eigenvalue weighted by Crippen LogP contribution is -2.26. The zero-order valence-corrected chi connectivity index (χ0v) is 10.3. The summed E-state index contributed by atoms with van der Waals surface area (Å²) in [4.78, 5) is 0. The molecule has 0 saturated heterocycles. The number of primary sulfonamides is 1. The molecule has 7 heteroatoms. The number of benzene rings is 1. The molecule has 0 unspecified atom stereocenters. The van der Waals surface area contributed by atoms with Crippen LogP contribution in [0.4, 0.5) is 0 Å². The van der Waals surface area contributed by atoms with Crippen molar-refractivity contribution in [2.45, 2.75) is 6.54 Å². The van der Waals surface area contributed by atoms with Crippen molar-refractivity contribution in [2.75, 3.05) is 19.4 Å². The number of aromatic hydroxyl groups is 1. The highest BCUT2D eigenvalue weighted by molar-refractivity contribution is 7.89. The predicted octanol–water partition coefficient (Wildman–Crippen LogP) is -0.221. The van der Waals surface area contributed by atoms with Gasteiger partial charge < -0.3 is 15.2 Å². The highest BCUT2D eigenvalue weighted by Crippen LogP contribution is 2.25. The molecule has 0 atom stereocenters. The molecule has 4 N–H and O–H groups in total. The van der Waals surface area contributed by atoms with Gasteiger partial charge in [0.05, 0.1) is 12.9 Å². The standard InChI is InChI=1S/C10H16N2O4S/c1-16-10-6-8(2-3-9(10)13)7-12-4-5-17(11,14)15/h2-3,6,12-13H,4-5,7H2,1H3,(H2,11,14,15). The van der Waals surface area contributed by atoms with E-state index in [0.29, 0.717) is 12.3 Å². The Morgan fingerprint density at radius 1 is 1.47 bits per heavy atom. The minimum atomic E-state index is -3.43. The van der Waals surface area contributed by atoms with E-state index in [1.807, 2.05) is 0 Å². The molecule has 0 heterocycles. The molecule has 96 valence electrons. The Kier molecular flexibility index (Phi) is 4.73. The minimum absolute atomic E-state index is 0.0702. The Labute approximate surface area is 100 Å². The molecule has 0 spiro atoms. The van der Waals surface area contributed by atoms with Crippen LogP contribution in [-0.2, 0) is 16.6 Å². The number of rotatable bonds is 6. The van der Waals surface area contributed by atoms with E-state index in [4.69, 9.17) is 9.88 Å². The summed E-state index contributed by atoms with van der Waals surface area (Å²) in [7, 11) is -1.96. The quantitative estimate of drug-likeness (QED) is 0.614. The molecule has 1 rings (SSSR count). The van der Waals surface area contributed by atoms with Crippen molar-refractivity contribution in [1.29, 1.82) is 0 Å². The summed E-state index contributed by atoms with van der Waals surface area (Å²) in [5.74, 6) is 0.346. The SMILES string of the molecule is COc1cc(CNCCS(N)(=O)=O)ccc1O. The number of ether oxygens (including phenoxy) is 1. The number of methoxy groups -OCH3 is 1. The van der Waals surface area contributed by atoms with Crippen molar-refractivity contribution in [1.82, 2.24) is 5.32 Å². The van der Waals surface area contributed by atoms with Gasteiger partial charge in [-0.15, -0.1) is 0 Å². The fraction of sp³-hybridized carbons (Fsp3) is 0.400. The van der Waals surface area contributed by atoms with Gasteiger partial charge in [0.25, 0.3) is 0 Å². The Morgan fingerprint density at radius 3 is 2.76 bits per heavy atom. The fourth-order valence-corrected chi connectivity index (χ4v) is 1.71. The first-order chi connectivity index (χ1) is 7.92. The van der Waals surface area contributed by atoms with Crippen molar-refractivity contribution < 1.29 is 18.3 Å². The van der Waals surface area contributed by atoms with Gasteiger partial charge in [0.15, 0.2) is 11.5 Å².